The Morgan fingerprint density at radius 3 is 0.950 bits per heavy atom. The molecule has 0 fully saturated rings. The molecule has 0 radical (unpaired) electrons. The van der Waals surface area contributed by atoms with Crippen LogP contribution < -0.4 is 30.3 Å². The SMILES string of the molecule is Cc1ccccc1P(=O)(Oc1cccc(OP(=O)(c2ccccc2C)c2ccccc2C)c1)c1ccccc1C. The number of benzene rings is 5. The van der Waals surface area contributed by atoms with Crippen LogP contribution in [0.15, 0.2) is 121 Å². The molecule has 0 saturated heterocycles. The van der Waals surface area contributed by atoms with E-state index < -0.39 is 14.7 Å². The Hall–Kier alpha value is -3.84. The number of rotatable bonds is 8. The third-order valence-corrected chi connectivity index (χ3v) is 12.5. The van der Waals surface area contributed by atoms with Gasteiger partial charge in [0.2, 0.25) is 0 Å². The van der Waals surface area contributed by atoms with Crippen molar-refractivity contribution >= 4 is 36.0 Å². The van der Waals surface area contributed by atoms with Gasteiger partial charge in [0.15, 0.2) is 0 Å². The Morgan fingerprint density at radius 1 is 0.400 bits per heavy atom. The van der Waals surface area contributed by atoms with Crippen molar-refractivity contribution < 1.29 is 18.2 Å². The normalized spacial score (nSPS) is 11.7. The van der Waals surface area contributed by atoms with Gasteiger partial charge in [-0.2, -0.15) is 0 Å². The quantitative estimate of drug-likeness (QED) is 0.182. The second-order valence-electron chi connectivity index (χ2n) is 9.91. The molecule has 0 amide bonds. The summed E-state index contributed by atoms with van der Waals surface area (Å²) in [5.74, 6) is 0.738. The number of hydrogen-bond donors (Lipinski definition) is 0. The molecule has 0 unspecified atom stereocenters. The minimum Gasteiger partial charge on any atom is -0.437 e. The Labute approximate surface area is 236 Å². The van der Waals surface area contributed by atoms with Gasteiger partial charge in [0.25, 0.3) is 0 Å². The standard InChI is InChI=1S/C34H32O4P2/c1-25-14-5-9-20-31(25)39(35,32-21-10-6-15-26(32)2)37-29-18-13-19-30(24-29)38-40(36,33-22-11-7-16-27(33)3)34-23-12-8-17-28(34)4/h5-24H,1-4H3. The molecule has 0 spiro atoms. The monoisotopic (exact) mass is 566 g/mol. The van der Waals surface area contributed by atoms with Gasteiger partial charge in [-0.15, -0.1) is 0 Å². The molecule has 0 N–H and O–H groups in total. The summed E-state index contributed by atoms with van der Waals surface area (Å²) in [4.78, 5) is 0. The molecule has 0 atom stereocenters. The minimum absolute atomic E-state index is 0.369. The summed E-state index contributed by atoms with van der Waals surface area (Å²) >= 11 is 0. The lowest BCUT2D eigenvalue weighted by Crippen LogP contribution is -2.24. The summed E-state index contributed by atoms with van der Waals surface area (Å²) in [6.07, 6.45) is 0. The summed E-state index contributed by atoms with van der Waals surface area (Å²) in [6, 6.07) is 37.3. The van der Waals surface area contributed by atoms with Crippen LogP contribution in [0.1, 0.15) is 22.3 Å². The van der Waals surface area contributed by atoms with Crippen LogP contribution in [0.3, 0.4) is 0 Å². The van der Waals surface area contributed by atoms with E-state index in [1.54, 1.807) is 24.3 Å². The molecular formula is C34H32O4P2. The fourth-order valence-corrected chi connectivity index (χ4v) is 9.93. The summed E-state index contributed by atoms with van der Waals surface area (Å²) < 4.78 is 42.5. The molecule has 5 rings (SSSR count). The topological polar surface area (TPSA) is 52.6 Å². The van der Waals surface area contributed by atoms with Crippen molar-refractivity contribution in [1.82, 2.24) is 0 Å². The zero-order chi connectivity index (χ0) is 28.3. The van der Waals surface area contributed by atoms with E-state index in [1.807, 2.05) is 125 Å². The number of hydrogen-bond acceptors (Lipinski definition) is 4. The van der Waals surface area contributed by atoms with Crippen molar-refractivity contribution in [3.05, 3.63) is 144 Å². The lowest BCUT2D eigenvalue weighted by molar-refractivity contribution is 0.492. The Kier molecular flexibility index (Phi) is 7.86. The van der Waals surface area contributed by atoms with Crippen LogP contribution in [-0.4, -0.2) is 0 Å². The highest BCUT2D eigenvalue weighted by molar-refractivity contribution is 7.75. The highest BCUT2D eigenvalue weighted by atomic mass is 31.2. The molecule has 0 bridgehead atoms. The first-order valence-electron chi connectivity index (χ1n) is 13.2. The molecule has 202 valence electrons. The van der Waals surface area contributed by atoms with Crippen molar-refractivity contribution in [2.75, 3.05) is 0 Å². The second-order valence-corrected chi connectivity index (χ2v) is 14.4. The molecule has 0 aromatic heterocycles. The maximum absolute atomic E-state index is 14.8. The van der Waals surface area contributed by atoms with Crippen molar-refractivity contribution in [1.29, 1.82) is 0 Å². The fraction of sp³-hybridized carbons (Fsp3) is 0.118. The smallest absolute Gasteiger partial charge is 0.307 e. The van der Waals surface area contributed by atoms with E-state index in [0.29, 0.717) is 32.7 Å². The Bertz CT molecular complexity index is 1550. The molecule has 40 heavy (non-hydrogen) atoms. The van der Waals surface area contributed by atoms with Gasteiger partial charge in [-0.1, -0.05) is 78.9 Å². The largest absolute Gasteiger partial charge is 0.437 e. The van der Waals surface area contributed by atoms with Crippen LogP contribution in [-0.2, 0) is 9.13 Å². The van der Waals surface area contributed by atoms with Gasteiger partial charge in [0.1, 0.15) is 11.5 Å². The first-order valence-corrected chi connectivity index (χ1v) is 16.4. The zero-order valence-corrected chi connectivity index (χ0v) is 24.9. The first kappa shape index (κ1) is 27.7. The number of aryl methyl sites for hydroxylation is 4. The van der Waals surface area contributed by atoms with Gasteiger partial charge in [0.05, 0.1) is 21.2 Å². The summed E-state index contributed by atoms with van der Waals surface area (Å²) in [7, 11) is -7.10. The maximum Gasteiger partial charge on any atom is 0.307 e. The van der Waals surface area contributed by atoms with Crippen molar-refractivity contribution in [2.24, 2.45) is 0 Å². The van der Waals surface area contributed by atoms with Crippen molar-refractivity contribution in [3.8, 4) is 11.5 Å². The molecule has 0 aliphatic heterocycles. The van der Waals surface area contributed by atoms with Crippen LogP contribution in [0.5, 0.6) is 11.5 Å². The van der Waals surface area contributed by atoms with Crippen molar-refractivity contribution in [2.45, 2.75) is 27.7 Å². The first-order chi connectivity index (χ1) is 19.2. The predicted molar refractivity (Wildman–Crippen MR) is 166 cm³/mol. The van der Waals surface area contributed by atoms with Gasteiger partial charge >= 0.3 is 14.7 Å². The average molecular weight is 567 g/mol. The fourth-order valence-electron chi connectivity index (χ4n) is 4.92. The van der Waals surface area contributed by atoms with Crippen LogP contribution in [0.2, 0.25) is 0 Å². The second kappa shape index (κ2) is 11.3. The minimum atomic E-state index is -3.55. The molecule has 6 heteroatoms. The van der Waals surface area contributed by atoms with Gasteiger partial charge < -0.3 is 9.05 Å². The molecular weight excluding hydrogens is 534 g/mol. The molecule has 0 aliphatic rings. The molecule has 5 aromatic carbocycles. The van der Waals surface area contributed by atoms with E-state index in [0.717, 1.165) is 22.3 Å². The van der Waals surface area contributed by atoms with E-state index in [9.17, 15) is 9.13 Å². The molecule has 0 aliphatic carbocycles. The van der Waals surface area contributed by atoms with E-state index in [-0.39, 0.29) is 0 Å². The summed E-state index contributed by atoms with van der Waals surface area (Å²) in [5.41, 5.74) is 3.52. The van der Waals surface area contributed by atoms with Crippen LogP contribution >= 0.6 is 14.7 Å². The van der Waals surface area contributed by atoms with Crippen LogP contribution in [0.25, 0.3) is 0 Å². The van der Waals surface area contributed by atoms with E-state index in [1.165, 1.54) is 0 Å². The van der Waals surface area contributed by atoms with Gasteiger partial charge in [-0.05, 0) is 86.3 Å². The lowest BCUT2D eigenvalue weighted by Gasteiger charge is -2.25. The highest BCUT2D eigenvalue weighted by Gasteiger charge is 2.35. The van der Waals surface area contributed by atoms with E-state index in [2.05, 4.69) is 0 Å². The zero-order valence-electron chi connectivity index (χ0n) is 23.1. The highest BCUT2D eigenvalue weighted by Crippen LogP contribution is 2.50. The molecule has 5 aromatic rings. The van der Waals surface area contributed by atoms with Crippen molar-refractivity contribution in [3.63, 3.8) is 0 Å². The van der Waals surface area contributed by atoms with Gasteiger partial charge in [-0.25, -0.2) is 0 Å². The third kappa shape index (κ3) is 5.30. The van der Waals surface area contributed by atoms with Gasteiger partial charge in [-0.3, -0.25) is 9.13 Å². The van der Waals surface area contributed by atoms with Crippen LogP contribution in [0, 0.1) is 27.7 Å². The Morgan fingerprint density at radius 2 is 0.675 bits per heavy atom. The van der Waals surface area contributed by atoms with E-state index in [4.69, 9.17) is 9.05 Å². The lowest BCUT2D eigenvalue weighted by atomic mass is 10.2. The predicted octanol–water partition coefficient (Wildman–Crippen LogP) is 7.54. The Balaban J connectivity index is 1.60. The van der Waals surface area contributed by atoms with E-state index >= 15 is 0 Å². The summed E-state index contributed by atoms with van der Waals surface area (Å²) in [5, 5.41) is 2.56. The maximum atomic E-state index is 14.8. The summed E-state index contributed by atoms with van der Waals surface area (Å²) in [6.45, 7) is 7.74. The molecule has 0 saturated carbocycles. The molecule has 0 heterocycles. The molecule has 4 nitrogen and oxygen atoms in total. The van der Waals surface area contributed by atoms with Crippen LogP contribution in [0.4, 0.5) is 0 Å². The van der Waals surface area contributed by atoms with Gasteiger partial charge in [0, 0.05) is 6.07 Å². The third-order valence-electron chi connectivity index (χ3n) is 7.00. The average Bonchev–Trinajstić information content (AvgIpc) is 2.94.